The van der Waals surface area contributed by atoms with Gasteiger partial charge in [0.25, 0.3) is 5.56 Å². The maximum Gasteiger partial charge on any atom is 0.332 e. The van der Waals surface area contributed by atoms with Gasteiger partial charge in [0.1, 0.15) is 4.83 Å². The first-order valence-corrected chi connectivity index (χ1v) is 8.01. The molecule has 0 unspecified atom stereocenters. The van der Waals surface area contributed by atoms with Crippen molar-refractivity contribution < 1.29 is 4.79 Å². The third-order valence-corrected chi connectivity index (χ3v) is 5.33. The first-order chi connectivity index (χ1) is 10.9. The van der Waals surface area contributed by atoms with Gasteiger partial charge in [0.05, 0.1) is 16.8 Å². The number of carbonyl (C=O) groups is 1. The zero-order valence-corrected chi connectivity index (χ0v) is 13.9. The van der Waals surface area contributed by atoms with Crippen LogP contribution in [0.15, 0.2) is 39.9 Å². The lowest BCUT2D eigenvalue weighted by atomic mass is 10.1. The molecule has 0 N–H and O–H groups in total. The molecule has 3 rings (SSSR count). The van der Waals surface area contributed by atoms with E-state index in [-0.39, 0.29) is 17.0 Å². The molecule has 3 aromatic rings. The van der Waals surface area contributed by atoms with Gasteiger partial charge in [-0.2, -0.15) is 0 Å². The fourth-order valence-corrected chi connectivity index (χ4v) is 3.89. The summed E-state index contributed by atoms with van der Waals surface area (Å²) in [6.45, 7) is 3.59. The summed E-state index contributed by atoms with van der Waals surface area (Å²) >= 11 is 1.21. The minimum atomic E-state index is -0.372. The summed E-state index contributed by atoms with van der Waals surface area (Å²) in [6.07, 6.45) is 0. The number of thiophene rings is 1. The Balaban J connectivity index is 2.37. The molecule has 0 amide bonds. The molecule has 0 aliphatic heterocycles. The highest BCUT2D eigenvalue weighted by Gasteiger charge is 2.20. The zero-order chi connectivity index (χ0) is 16.7. The minimum absolute atomic E-state index is 0.0931. The summed E-state index contributed by atoms with van der Waals surface area (Å²) in [5.74, 6) is -0.0931. The van der Waals surface area contributed by atoms with Crippen LogP contribution in [0.2, 0.25) is 0 Å². The Morgan fingerprint density at radius 3 is 2.43 bits per heavy atom. The molecule has 0 fully saturated rings. The number of ketones is 1. The van der Waals surface area contributed by atoms with Crippen LogP contribution in [-0.2, 0) is 13.6 Å². The second kappa shape index (κ2) is 5.62. The first kappa shape index (κ1) is 15.4. The highest BCUT2D eigenvalue weighted by atomic mass is 32.1. The second-order valence-electron chi connectivity index (χ2n) is 5.51. The Labute approximate surface area is 136 Å². The molecule has 2 heterocycles. The Morgan fingerprint density at radius 2 is 1.83 bits per heavy atom. The minimum Gasteiger partial charge on any atom is -0.294 e. The van der Waals surface area contributed by atoms with Crippen molar-refractivity contribution in [3.8, 4) is 0 Å². The summed E-state index contributed by atoms with van der Waals surface area (Å²) < 4.78 is 2.67. The van der Waals surface area contributed by atoms with Crippen LogP contribution < -0.4 is 11.2 Å². The molecule has 1 aromatic carbocycles. The van der Waals surface area contributed by atoms with E-state index in [1.54, 1.807) is 11.5 Å². The van der Waals surface area contributed by atoms with Gasteiger partial charge in [0.2, 0.25) is 0 Å². The van der Waals surface area contributed by atoms with E-state index in [2.05, 4.69) is 0 Å². The average Bonchev–Trinajstić information content (AvgIpc) is 2.88. The molecule has 0 radical (unpaired) electrons. The molecule has 0 bridgehead atoms. The van der Waals surface area contributed by atoms with E-state index in [1.807, 2.05) is 30.3 Å². The van der Waals surface area contributed by atoms with E-state index < -0.39 is 0 Å². The maximum absolute atomic E-state index is 12.5. The van der Waals surface area contributed by atoms with Crippen LogP contribution in [0, 0.1) is 6.92 Å². The lowest BCUT2D eigenvalue weighted by molar-refractivity contribution is 0.102. The molecule has 0 atom stereocenters. The number of hydrogen-bond donors (Lipinski definition) is 0. The molecule has 6 heteroatoms. The number of aryl methyl sites for hydroxylation is 1. The molecule has 23 heavy (non-hydrogen) atoms. The standard InChI is InChI=1S/C17H16N2O3S/c1-10-13-15(21)18(3)17(22)19(9-12-7-5-4-6-8-12)16(13)23-14(10)11(2)20/h4-8H,9H2,1-3H3. The summed E-state index contributed by atoms with van der Waals surface area (Å²) in [5, 5.41) is 0.457. The number of rotatable bonds is 3. The summed E-state index contributed by atoms with van der Waals surface area (Å²) in [7, 11) is 1.47. The molecule has 118 valence electrons. The van der Waals surface area contributed by atoms with E-state index >= 15 is 0 Å². The van der Waals surface area contributed by atoms with Gasteiger partial charge in [-0.25, -0.2) is 4.79 Å². The van der Waals surface area contributed by atoms with E-state index in [0.717, 1.165) is 10.1 Å². The Bertz CT molecular complexity index is 1030. The van der Waals surface area contributed by atoms with Crippen molar-refractivity contribution in [1.29, 1.82) is 0 Å². The molecule has 0 saturated heterocycles. The molecular weight excluding hydrogens is 312 g/mol. The predicted octanol–water partition coefficient (Wildman–Crippen LogP) is 2.32. The summed E-state index contributed by atoms with van der Waals surface area (Å²) in [5.41, 5.74) is 0.892. The van der Waals surface area contributed by atoms with Crippen molar-refractivity contribution in [3.05, 3.63) is 67.2 Å². The average molecular weight is 328 g/mol. The van der Waals surface area contributed by atoms with Gasteiger partial charge >= 0.3 is 5.69 Å². The highest BCUT2D eigenvalue weighted by Crippen LogP contribution is 2.28. The molecule has 5 nitrogen and oxygen atoms in total. The van der Waals surface area contributed by atoms with Crippen molar-refractivity contribution in [2.75, 3.05) is 0 Å². The number of nitrogens with zero attached hydrogens (tertiary/aromatic N) is 2. The Kier molecular flexibility index (Phi) is 3.77. The fraction of sp³-hybridized carbons (Fsp3) is 0.235. The molecule has 2 aromatic heterocycles. The van der Waals surface area contributed by atoms with Crippen molar-refractivity contribution >= 4 is 27.3 Å². The normalized spacial score (nSPS) is 11.1. The highest BCUT2D eigenvalue weighted by molar-refractivity contribution is 7.20. The van der Waals surface area contributed by atoms with Gasteiger partial charge in [0.15, 0.2) is 5.78 Å². The van der Waals surface area contributed by atoms with Gasteiger partial charge in [-0.05, 0) is 25.0 Å². The van der Waals surface area contributed by atoms with Gasteiger partial charge in [-0.1, -0.05) is 30.3 Å². The maximum atomic E-state index is 12.5. The largest absolute Gasteiger partial charge is 0.332 e. The third-order valence-electron chi connectivity index (χ3n) is 3.91. The fourth-order valence-electron chi connectivity index (χ4n) is 2.70. The predicted molar refractivity (Wildman–Crippen MR) is 91.6 cm³/mol. The third kappa shape index (κ3) is 2.45. The zero-order valence-electron chi connectivity index (χ0n) is 13.1. The van der Waals surface area contributed by atoms with Crippen LogP contribution in [0.25, 0.3) is 10.2 Å². The van der Waals surface area contributed by atoms with Gasteiger partial charge in [-0.15, -0.1) is 11.3 Å². The van der Waals surface area contributed by atoms with E-state index in [9.17, 15) is 14.4 Å². The van der Waals surface area contributed by atoms with Gasteiger partial charge < -0.3 is 0 Å². The molecule has 0 saturated carbocycles. The number of fused-ring (bicyclic) bond motifs is 1. The number of aromatic nitrogens is 2. The van der Waals surface area contributed by atoms with Crippen molar-refractivity contribution in [2.24, 2.45) is 7.05 Å². The van der Waals surface area contributed by atoms with Crippen molar-refractivity contribution in [2.45, 2.75) is 20.4 Å². The second-order valence-corrected chi connectivity index (χ2v) is 6.51. The van der Waals surface area contributed by atoms with Crippen LogP contribution >= 0.6 is 11.3 Å². The van der Waals surface area contributed by atoms with Gasteiger partial charge in [-0.3, -0.25) is 18.7 Å². The van der Waals surface area contributed by atoms with E-state index in [4.69, 9.17) is 0 Å². The summed E-state index contributed by atoms with van der Waals surface area (Å²) in [6, 6.07) is 9.57. The molecule has 0 aliphatic carbocycles. The molecule has 0 spiro atoms. The summed E-state index contributed by atoms with van der Waals surface area (Å²) in [4.78, 5) is 37.9. The lowest BCUT2D eigenvalue weighted by Gasteiger charge is -2.09. The van der Waals surface area contributed by atoms with Crippen molar-refractivity contribution in [1.82, 2.24) is 9.13 Å². The molecular formula is C17H16N2O3S. The van der Waals surface area contributed by atoms with Crippen LogP contribution in [-0.4, -0.2) is 14.9 Å². The lowest BCUT2D eigenvalue weighted by Crippen LogP contribution is -2.38. The first-order valence-electron chi connectivity index (χ1n) is 7.19. The van der Waals surface area contributed by atoms with Crippen LogP contribution in [0.5, 0.6) is 0 Å². The smallest absolute Gasteiger partial charge is 0.294 e. The number of hydrogen-bond acceptors (Lipinski definition) is 4. The van der Waals surface area contributed by atoms with E-state index in [1.165, 1.54) is 25.3 Å². The number of carbonyl (C=O) groups excluding carboxylic acids is 1. The number of benzene rings is 1. The SMILES string of the molecule is CC(=O)c1sc2c(c1C)c(=O)n(C)c(=O)n2Cc1ccccc1. The van der Waals surface area contributed by atoms with Gasteiger partial charge in [0, 0.05) is 7.05 Å². The van der Waals surface area contributed by atoms with E-state index in [0.29, 0.717) is 27.2 Å². The Hall–Kier alpha value is -2.47. The van der Waals surface area contributed by atoms with Crippen LogP contribution in [0.4, 0.5) is 0 Å². The Morgan fingerprint density at radius 1 is 1.17 bits per heavy atom. The monoisotopic (exact) mass is 328 g/mol. The van der Waals surface area contributed by atoms with Crippen molar-refractivity contribution in [3.63, 3.8) is 0 Å². The quantitative estimate of drug-likeness (QED) is 0.693. The molecule has 0 aliphatic rings. The van der Waals surface area contributed by atoms with Crippen LogP contribution in [0.1, 0.15) is 27.7 Å². The number of Topliss-reactive ketones (excluding diaryl/α,β-unsaturated/α-hetero) is 1. The van der Waals surface area contributed by atoms with Crippen LogP contribution in [0.3, 0.4) is 0 Å². The topological polar surface area (TPSA) is 61.1 Å².